The second-order valence-corrected chi connectivity index (χ2v) is 7.77. The van der Waals surface area contributed by atoms with E-state index in [9.17, 15) is 23.1 Å². The Morgan fingerprint density at radius 2 is 1.89 bits per heavy atom. The summed E-state index contributed by atoms with van der Waals surface area (Å²) in [6.07, 6.45) is -3.29. The molecule has 5 atom stereocenters. The van der Waals surface area contributed by atoms with E-state index in [1.54, 1.807) is 6.92 Å². The minimum absolute atomic E-state index is 0.113. The number of likely N-dealkylation sites (N-methyl/N-ethyl adjacent to an activating group) is 1. The number of halogens is 3. The van der Waals surface area contributed by atoms with Crippen LogP contribution in [0.15, 0.2) is 24.3 Å². The third-order valence-corrected chi connectivity index (χ3v) is 6.09. The Balaban J connectivity index is 1.72. The quantitative estimate of drug-likeness (QED) is 0.814. The van der Waals surface area contributed by atoms with Crippen molar-refractivity contribution < 1.29 is 23.1 Å². The van der Waals surface area contributed by atoms with Gasteiger partial charge in [-0.1, -0.05) is 0 Å². The predicted molar refractivity (Wildman–Crippen MR) is 96.1 cm³/mol. The Bertz CT molecular complexity index is 678. The highest BCUT2D eigenvalue weighted by Crippen LogP contribution is 2.42. The molecule has 0 bridgehead atoms. The number of benzene rings is 1. The minimum Gasteiger partial charge on any atom is -0.391 e. The van der Waals surface area contributed by atoms with Crippen molar-refractivity contribution in [2.75, 3.05) is 25.0 Å². The lowest BCUT2D eigenvalue weighted by Crippen LogP contribution is -2.54. The van der Waals surface area contributed by atoms with Crippen molar-refractivity contribution in [3.05, 3.63) is 29.8 Å². The minimum atomic E-state index is -4.33. The summed E-state index contributed by atoms with van der Waals surface area (Å²) in [6, 6.07) is 4.64. The van der Waals surface area contributed by atoms with E-state index in [2.05, 4.69) is 4.90 Å². The van der Waals surface area contributed by atoms with Crippen molar-refractivity contribution in [3.8, 4) is 0 Å². The molecular formula is C19H26F3N3O2. The first-order valence-electron chi connectivity index (χ1n) is 9.21. The number of nitrogens with zero attached hydrogens (tertiary/aromatic N) is 2. The highest BCUT2D eigenvalue weighted by atomic mass is 19.4. The summed E-state index contributed by atoms with van der Waals surface area (Å²) < 4.78 is 38.3. The number of fused-ring (bicyclic) bond motifs is 1. The molecule has 1 saturated carbocycles. The lowest BCUT2D eigenvalue weighted by Gasteiger charge is -2.36. The molecule has 2 fully saturated rings. The van der Waals surface area contributed by atoms with Crippen molar-refractivity contribution in [2.24, 2.45) is 17.6 Å². The molecule has 1 aromatic rings. The number of primary amides is 1. The van der Waals surface area contributed by atoms with Gasteiger partial charge in [0, 0.05) is 24.8 Å². The maximum absolute atomic E-state index is 12.8. The Kier molecular flexibility index (Phi) is 5.40. The highest BCUT2D eigenvalue weighted by molar-refractivity contribution is 5.80. The van der Waals surface area contributed by atoms with Crippen LogP contribution in [0.1, 0.15) is 25.3 Å². The van der Waals surface area contributed by atoms with Gasteiger partial charge in [0.1, 0.15) is 6.04 Å². The van der Waals surface area contributed by atoms with Gasteiger partial charge in [0.2, 0.25) is 5.91 Å². The summed E-state index contributed by atoms with van der Waals surface area (Å²) >= 11 is 0. The molecule has 0 spiro atoms. The van der Waals surface area contributed by atoms with E-state index in [1.165, 1.54) is 12.1 Å². The van der Waals surface area contributed by atoms with Gasteiger partial charge in [-0.2, -0.15) is 13.2 Å². The summed E-state index contributed by atoms with van der Waals surface area (Å²) in [5, 5.41) is 9.93. The molecule has 1 aromatic carbocycles. The molecule has 0 aromatic heterocycles. The number of amides is 1. The highest BCUT2D eigenvalue weighted by Gasteiger charge is 2.46. The number of hydrogen-bond acceptors (Lipinski definition) is 4. The van der Waals surface area contributed by atoms with E-state index < -0.39 is 29.8 Å². The van der Waals surface area contributed by atoms with E-state index in [0.29, 0.717) is 5.92 Å². The Morgan fingerprint density at radius 1 is 1.26 bits per heavy atom. The molecule has 1 amide bonds. The van der Waals surface area contributed by atoms with Gasteiger partial charge in [-0.25, -0.2) is 0 Å². The number of hydrogen-bond donors (Lipinski definition) is 2. The van der Waals surface area contributed by atoms with Crippen LogP contribution in [0.3, 0.4) is 0 Å². The molecule has 1 saturated heterocycles. The smallest absolute Gasteiger partial charge is 0.391 e. The van der Waals surface area contributed by atoms with Crippen molar-refractivity contribution in [3.63, 3.8) is 0 Å². The number of carbonyl (C=O) groups excluding carboxylic acids is 1. The second-order valence-electron chi connectivity index (χ2n) is 7.77. The molecule has 150 valence electrons. The average Bonchev–Trinajstić information content (AvgIpc) is 3.13. The first-order valence-corrected chi connectivity index (χ1v) is 9.21. The fourth-order valence-corrected chi connectivity index (χ4v) is 4.80. The van der Waals surface area contributed by atoms with Crippen LogP contribution in [0, 0.1) is 11.8 Å². The molecule has 1 heterocycles. The molecule has 8 heteroatoms. The van der Waals surface area contributed by atoms with Crippen LogP contribution in [0.5, 0.6) is 0 Å². The maximum Gasteiger partial charge on any atom is 0.416 e. The number of carbonyl (C=O) groups is 1. The summed E-state index contributed by atoms with van der Waals surface area (Å²) in [4.78, 5) is 15.7. The van der Waals surface area contributed by atoms with Crippen LogP contribution in [-0.2, 0) is 11.0 Å². The van der Waals surface area contributed by atoms with Crippen LogP contribution in [0.2, 0.25) is 0 Å². The molecule has 0 radical (unpaired) electrons. The summed E-state index contributed by atoms with van der Waals surface area (Å²) in [5.74, 6) is 0.161. The standard InChI is InChI=1S/C19H26F3N3O2/c1-11(26)17(18(23)27)24(2)16-8-3-12-9-25(10-15(12)16)14-6-4-13(5-7-14)19(20,21)22/h4-7,11-12,15-17,26H,3,8-10H2,1-2H3,(H2,23,27)/t11-,12+,15-,16-,17-/m0/s1. The average molecular weight is 385 g/mol. The third-order valence-electron chi connectivity index (χ3n) is 6.09. The van der Waals surface area contributed by atoms with Crippen molar-refractivity contribution in [2.45, 2.75) is 44.1 Å². The Labute approximate surface area is 156 Å². The molecule has 1 aliphatic carbocycles. The molecule has 1 aliphatic heterocycles. The number of rotatable bonds is 5. The SMILES string of the molecule is C[C@H](O)[C@@H](C(N)=O)N(C)[C@H]1CC[C@@H]2CN(c3ccc(C(F)(F)F)cc3)C[C@@H]21. The van der Waals surface area contributed by atoms with Crippen molar-refractivity contribution >= 4 is 11.6 Å². The van der Waals surface area contributed by atoms with Gasteiger partial charge in [0.05, 0.1) is 11.7 Å². The fraction of sp³-hybridized carbons (Fsp3) is 0.632. The molecule has 3 rings (SSSR count). The molecule has 5 nitrogen and oxygen atoms in total. The molecule has 27 heavy (non-hydrogen) atoms. The first kappa shape index (κ1) is 19.9. The number of alkyl halides is 3. The van der Waals surface area contributed by atoms with E-state index in [1.807, 2.05) is 11.9 Å². The van der Waals surface area contributed by atoms with Crippen LogP contribution >= 0.6 is 0 Å². The number of nitrogens with two attached hydrogens (primary N) is 1. The van der Waals surface area contributed by atoms with Crippen LogP contribution in [0.25, 0.3) is 0 Å². The van der Waals surface area contributed by atoms with E-state index in [4.69, 9.17) is 5.73 Å². The molecule has 3 N–H and O–H groups in total. The Morgan fingerprint density at radius 3 is 2.41 bits per heavy atom. The van der Waals surface area contributed by atoms with Crippen molar-refractivity contribution in [1.82, 2.24) is 4.90 Å². The molecular weight excluding hydrogens is 359 g/mol. The monoisotopic (exact) mass is 385 g/mol. The zero-order valence-corrected chi connectivity index (χ0v) is 15.5. The molecule has 2 aliphatic rings. The van der Waals surface area contributed by atoms with E-state index in [0.717, 1.165) is 43.8 Å². The zero-order valence-electron chi connectivity index (χ0n) is 15.5. The summed E-state index contributed by atoms with van der Waals surface area (Å²) in [7, 11) is 1.82. The lowest BCUT2D eigenvalue weighted by molar-refractivity contribution is -0.137. The predicted octanol–water partition coefficient (Wildman–Crippen LogP) is 2.09. The van der Waals surface area contributed by atoms with Gasteiger partial charge in [0.25, 0.3) is 0 Å². The van der Waals surface area contributed by atoms with Gasteiger partial charge >= 0.3 is 6.18 Å². The second kappa shape index (κ2) is 7.31. The largest absolute Gasteiger partial charge is 0.416 e. The van der Waals surface area contributed by atoms with Crippen LogP contribution < -0.4 is 10.6 Å². The van der Waals surface area contributed by atoms with Gasteiger partial charge in [-0.05, 0) is 62.9 Å². The summed E-state index contributed by atoms with van der Waals surface area (Å²) in [6.45, 7) is 3.06. The fourth-order valence-electron chi connectivity index (χ4n) is 4.80. The van der Waals surface area contributed by atoms with Gasteiger partial charge in [-0.3, -0.25) is 9.69 Å². The number of anilines is 1. The first-order chi connectivity index (χ1) is 12.6. The van der Waals surface area contributed by atoms with Crippen molar-refractivity contribution in [1.29, 1.82) is 0 Å². The number of aliphatic hydroxyl groups is 1. The topological polar surface area (TPSA) is 69.8 Å². The van der Waals surface area contributed by atoms with Crippen LogP contribution in [-0.4, -0.2) is 54.2 Å². The number of aliphatic hydroxyl groups excluding tert-OH is 1. The zero-order chi connectivity index (χ0) is 19.9. The van der Waals surface area contributed by atoms with Gasteiger partial charge in [0.15, 0.2) is 0 Å². The van der Waals surface area contributed by atoms with E-state index >= 15 is 0 Å². The molecule has 0 unspecified atom stereocenters. The maximum atomic E-state index is 12.8. The third kappa shape index (κ3) is 3.91. The Hall–Kier alpha value is -1.80. The summed E-state index contributed by atoms with van der Waals surface area (Å²) in [5.41, 5.74) is 5.60. The van der Waals surface area contributed by atoms with Gasteiger partial charge < -0.3 is 15.7 Å². The van der Waals surface area contributed by atoms with Gasteiger partial charge in [-0.15, -0.1) is 0 Å². The van der Waals surface area contributed by atoms with E-state index in [-0.39, 0.29) is 12.0 Å². The lowest BCUT2D eigenvalue weighted by atomic mass is 9.95. The van der Waals surface area contributed by atoms with Crippen LogP contribution in [0.4, 0.5) is 18.9 Å². The normalized spacial score (nSPS) is 27.7.